The lowest BCUT2D eigenvalue weighted by molar-refractivity contribution is 0.626. The van der Waals surface area contributed by atoms with Gasteiger partial charge in [-0.3, -0.25) is 10.2 Å². The van der Waals surface area contributed by atoms with Gasteiger partial charge in [0.15, 0.2) is 0 Å². The topological polar surface area (TPSA) is 70.1 Å². The van der Waals surface area contributed by atoms with Crippen LogP contribution in [-0.4, -0.2) is 16.4 Å². The maximum Gasteiger partial charge on any atom is 0.280 e. The zero-order valence-corrected chi connectivity index (χ0v) is 10.6. The molecule has 0 saturated heterocycles. The number of nitrogens with zero attached hydrogens (tertiary/aromatic N) is 2. The SMILES string of the molecule is O=c1[nH]ncc(N/N=C\c2ccccc2F)c1Br. The van der Waals surface area contributed by atoms with Crippen LogP contribution in [0.4, 0.5) is 10.1 Å². The van der Waals surface area contributed by atoms with Gasteiger partial charge in [-0.15, -0.1) is 0 Å². The Morgan fingerprint density at radius 2 is 2.22 bits per heavy atom. The van der Waals surface area contributed by atoms with Crippen molar-refractivity contribution >= 4 is 27.8 Å². The number of hydrogen-bond donors (Lipinski definition) is 2. The molecule has 0 unspecified atom stereocenters. The normalized spacial score (nSPS) is 10.8. The Bertz CT molecular complexity index is 641. The Morgan fingerprint density at radius 1 is 1.44 bits per heavy atom. The molecule has 0 fully saturated rings. The van der Waals surface area contributed by atoms with Gasteiger partial charge in [-0.2, -0.15) is 10.2 Å². The third-order valence-electron chi connectivity index (χ3n) is 2.09. The summed E-state index contributed by atoms with van der Waals surface area (Å²) in [6.07, 6.45) is 2.72. The first kappa shape index (κ1) is 12.4. The van der Waals surface area contributed by atoms with Gasteiger partial charge in [0.2, 0.25) is 0 Å². The Balaban J connectivity index is 2.15. The Labute approximate surface area is 110 Å². The summed E-state index contributed by atoms with van der Waals surface area (Å²) in [6.45, 7) is 0. The minimum Gasteiger partial charge on any atom is -0.275 e. The van der Waals surface area contributed by atoms with Gasteiger partial charge < -0.3 is 0 Å². The third-order valence-corrected chi connectivity index (χ3v) is 2.88. The summed E-state index contributed by atoms with van der Waals surface area (Å²) in [4.78, 5) is 11.2. The van der Waals surface area contributed by atoms with Crippen LogP contribution in [0.25, 0.3) is 0 Å². The van der Waals surface area contributed by atoms with Gasteiger partial charge in [0.25, 0.3) is 5.56 Å². The molecule has 1 aromatic carbocycles. The molecule has 0 aliphatic rings. The summed E-state index contributed by atoms with van der Waals surface area (Å²) in [6, 6.07) is 6.23. The van der Waals surface area contributed by atoms with Crippen LogP contribution in [0, 0.1) is 5.82 Å². The molecule has 0 aliphatic heterocycles. The van der Waals surface area contributed by atoms with Crippen molar-refractivity contribution in [3.05, 3.63) is 56.7 Å². The van der Waals surface area contributed by atoms with E-state index < -0.39 is 0 Å². The molecule has 1 aromatic heterocycles. The van der Waals surface area contributed by atoms with E-state index in [0.717, 1.165) is 0 Å². The van der Waals surface area contributed by atoms with E-state index in [-0.39, 0.29) is 15.8 Å². The fourth-order valence-electron chi connectivity index (χ4n) is 1.21. The smallest absolute Gasteiger partial charge is 0.275 e. The molecule has 0 bridgehead atoms. The molecule has 2 rings (SSSR count). The molecule has 0 spiro atoms. The molecule has 0 aliphatic carbocycles. The lowest BCUT2D eigenvalue weighted by Crippen LogP contribution is -2.10. The van der Waals surface area contributed by atoms with Gasteiger partial charge in [-0.1, -0.05) is 18.2 Å². The first-order valence-electron chi connectivity index (χ1n) is 4.95. The fraction of sp³-hybridized carbons (Fsp3) is 0. The average molecular weight is 311 g/mol. The molecule has 92 valence electrons. The summed E-state index contributed by atoms with van der Waals surface area (Å²) in [5.74, 6) is -0.369. The molecular weight excluding hydrogens is 303 g/mol. The second-order valence-electron chi connectivity index (χ2n) is 3.32. The van der Waals surface area contributed by atoms with Crippen molar-refractivity contribution in [2.24, 2.45) is 5.10 Å². The van der Waals surface area contributed by atoms with Crippen LogP contribution >= 0.6 is 15.9 Å². The molecule has 18 heavy (non-hydrogen) atoms. The number of hydrazone groups is 1. The summed E-state index contributed by atoms with van der Waals surface area (Å²) in [5.41, 5.74) is 2.97. The largest absolute Gasteiger partial charge is 0.280 e. The summed E-state index contributed by atoms with van der Waals surface area (Å²) in [5, 5.41) is 9.70. The molecule has 5 nitrogen and oxygen atoms in total. The van der Waals surface area contributed by atoms with Crippen molar-refractivity contribution in [1.82, 2.24) is 10.2 Å². The van der Waals surface area contributed by atoms with Gasteiger partial charge >= 0.3 is 0 Å². The van der Waals surface area contributed by atoms with E-state index in [2.05, 4.69) is 36.7 Å². The van der Waals surface area contributed by atoms with Crippen LogP contribution in [0.5, 0.6) is 0 Å². The van der Waals surface area contributed by atoms with E-state index in [1.165, 1.54) is 18.5 Å². The van der Waals surface area contributed by atoms with E-state index in [4.69, 9.17) is 0 Å². The van der Waals surface area contributed by atoms with Crippen molar-refractivity contribution in [3.8, 4) is 0 Å². The van der Waals surface area contributed by atoms with Crippen LogP contribution in [0.15, 0.2) is 44.8 Å². The van der Waals surface area contributed by atoms with Gasteiger partial charge in [0.1, 0.15) is 10.3 Å². The molecular formula is C11H8BrFN4O. The molecule has 2 N–H and O–H groups in total. The fourth-order valence-corrected chi connectivity index (χ4v) is 1.49. The highest BCUT2D eigenvalue weighted by molar-refractivity contribution is 9.10. The van der Waals surface area contributed by atoms with E-state index in [9.17, 15) is 9.18 Å². The molecule has 0 radical (unpaired) electrons. The van der Waals surface area contributed by atoms with E-state index in [1.54, 1.807) is 18.2 Å². The zero-order chi connectivity index (χ0) is 13.0. The summed E-state index contributed by atoms with van der Waals surface area (Å²) in [7, 11) is 0. The minimum absolute atomic E-state index is 0.281. The maximum absolute atomic E-state index is 13.3. The predicted molar refractivity (Wildman–Crippen MR) is 70.2 cm³/mol. The predicted octanol–water partition coefficient (Wildman–Crippen LogP) is 2.12. The monoisotopic (exact) mass is 310 g/mol. The Morgan fingerprint density at radius 3 is 3.00 bits per heavy atom. The summed E-state index contributed by atoms with van der Waals surface area (Å²) >= 11 is 3.09. The standard InChI is InChI=1S/C11H8BrFN4O/c12-10-9(6-15-17-11(10)18)16-14-5-7-3-1-2-4-8(7)13/h1-6H,(H2,16,17,18)/b14-5-. The third kappa shape index (κ3) is 2.80. The number of anilines is 1. The van der Waals surface area contributed by atoms with Gasteiger partial charge in [0.05, 0.1) is 18.1 Å². The maximum atomic E-state index is 13.3. The van der Waals surface area contributed by atoms with Crippen molar-refractivity contribution in [2.45, 2.75) is 0 Å². The minimum atomic E-state index is -0.374. The van der Waals surface area contributed by atoms with Crippen molar-refractivity contribution in [1.29, 1.82) is 0 Å². The number of halogens is 2. The van der Waals surface area contributed by atoms with Crippen molar-refractivity contribution in [3.63, 3.8) is 0 Å². The number of rotatable bonds is 3. The highest BCUT2D eigenvalue weighted by atomic mass is 79.9. The molecule has 0 atom stereocenters. The summed E-state index contributed by atoms with van der Waals surface area (Å²) < 4.78 is 13.5. The van der Waals surface area contributed by atoms with Crippen LogP contribution < -0.4 is 11.0 Å². The Kier molecular flexibility index (Phi) is 3.83. The van der Waals surface area contributed by atoms with Crippen LogP contribution in [-0.2, 0) is 0 Å². The number of nitrogens with one attached hydrogen (secondary N) is 2. The number of H-pyrrole nitrogens is 1. The number of hydrogen-bond acceptors (Lipinski definition) is 4. The second kappa shape index (κ2) is 5.54. The molecule has 7 heteroatoms. The van der Waals surface area contributed by atoms with Crippen molar-refractivity contribution in [2.75, 3.05) is 5.43 Å². The first-order chi connectivity index (χ1) is 8.68. The van der Waals surface area contributed by atoms with E-state index >= 15 is 0 Å². The quantitative estimate of drug-likeness (QED) is 0.674. The lowest BCUT2D eigenvalue weighted by Gasteiger charge is -2.00. The van der Waals surface area contributed by atoms with Crippen molar-refractivity contribution < 1.29 is 4.39 Å². The van der Waals surface area contributed by atoms with E-state index in [1.807, 2.05) is 0 Å². The van der Waals surface area contributed by atoms with Gasteiger partial charge in [0, 0.05) is 5.56 Å². The van der Waals surface area contributed by atoms with Gasteiger partial charge in [-0.05, 0) is 22.0 Å². The number of benzene rings is 1. The molecule has 0 amide bonds. The highest BCUT2D eigenvalue weighted by Gasteiger charge is 2.02. The van der Waals surface area contributed by atoms with Crippen LogP contribution in [0.1, 0.15) is 5.56 Å². The van der Waals surface area contributed by atoms with Crippen LogP contribution in [0.2, 0.25) is 0 Å². The first-order valence-corrected chi connectivity index (χ1v) is 5.74. The number of aromatic nitrogens is 2. The van der Waals surface area contributed by atoms with E-state index in [0.29, 0.717) is 11.3 Å². The molecule has 2 aromatic rings. The lowest BCUT2D eigenvalue weighted by atomic mass is 10.2. The van der Waals surface area contributed by atoms with Crippen LogP contribution in [0.3, 0.4) is 0 Å². The zero-order valence-electron chi connectivity index (χ0n) is 9.02. The average Bonchev–Trinajstić information content (AvgIpc) is 2.37. The second-order valence-corrected chi connectivity index (χ2v) is 4.11. The highest BCUT2D eigenvalue weighted by Crippen LogP contribution is 2.15. The molecule has 1 heterocycles. The van der Waals surface area contributed by atoms with Gasteiger partial charge in [-0.25, -0.2) is 9.49 Å². The Hall–Kier alpha value is -2.02. The number of aromatic amines is 1. The molecule has 0 saturated carbocycles.